The van der Waals surface area contributed by atoms with Crippen molar-refractivity contribution in [3.8, 4) is 11.3 Å². The molecule has 7 nitrogen and oxygen atoms in total. The Hall–Kier alpha value is -3.36. The highest BCUT2D eigenvalue weighted by molar-refractivity contribution is 6.00. The highest BCUT2D eigenvalue weighted by Gasteiger charge is 2.18. The first-order chi connectivity index (χ1) is 15.9. The van der Waals surface area contributed by atoms with Crippen LogP contribution in [0.15, 0.2) is 48.9 Å². The summed E-state index contributed by atoms with van der Waals surface area (Å²) >= 11 is 0. The van der Waals surface area contributed by atoms with E-state index in [0.29, 0.717) is 22.6 Å². The molecule has 0 aliphatic carbocycles. The second-order valence-electron chi connectivity index (χ2n) is 8.06. The number of pyridine rings is 2. The molecule has 0 aliphatic heterocycles. The van der Waals surface area contributed by atoms with Gasteiger partial charge in [-0.15, -0.1) is 0 Å². The van der Waals surface area contributed by atoms with Gasteiger partial charge in [0.05, 0.1) is 36.2 Å². The Morgan fingerprint density at radius 2 is 1.85 bits per heavy atom. The number of halogens is 1. The quantitative estimate of drug-likeness (QED) is 0.393. The topological polar surface area (TPSA) is 107 Å². The molecule has 0 bridgehead atoms. The highest BCUT2D eigenvalue weighted by Crippen LogP contribution is 2.32. The summed E-state index contributed by atoms with van der Waals surface area (Å²) in [7, 11) is 0. The van der Waals surface area contributed by atoms with Gasteiger partial charge in [-0.25, -0.2) is 4.39 Å². The fourth-order valence-electron chi connectivity index (χ4n) is 3.41. The van der Waals surface area contributed by atoms with Gasteiger partial charge in [0.2, 0.25) is 0 Å². The predicted molar refractivity (Wildman–Crippen MR) is 126 cm³/mol. The number of aromatic nitrogens is 2. The van der Waals surface area contributed by atoms with Crippen LogP contribution in [0.25, 0.3) is 11.3 Å². The lowest BCUT2D eigenvalue weighted by Crippen LogP contribution is -2.40. The Morgan fingerprint density at radius 1 is 1.09 bits per heavy atom. The SMILES string of the molecule is CCc1ccc(F)c(-c2cc(Nc3ccncc3C(=O)NC(CO)CO)c(C(C)C)cn2)c1. The molecule has 0 unspecified atom stereocenters. The van der Waals surface area contributed by atoms with Gasteiger partial charge in [0.25, 0.3) is 5.91 Å². The van der Waals surface area contributed by atoms with Gasteiger partial charge in [-0.1, -0.05) is 26.8 Å². The zero-order chi connectivity index (χ0) is 24.0. The summed E-state index contributed by atoms with van der Waals surface area (Å²) in [6.07, 6.45) is 5.46. The van der Waals surface area contributed by atoms with Gasteiger partial charge >= 0.3 is 0 Å². The van der Waals surface area contributed by atoms with Crippen LogP contribution in [-0.4, -0.2) is 45.3 Å². The van der Waals surface area contributed by atoms with Crippen LogP contribution in [0, 0.1) is 5.82 Å². The fourth-order valence-corrected chi connectivity index (χ4v) is 3.41. The van der Waals surface area contributed by atoms with Crippen molar-refractivity contribution >= 4 is 17.3 Å². The van der Waals surface area contributed by atoms with Crippen LogP contribution in [0.1, 0.15) is 48.2 Å². The molecule has 8 heteroatoms. The molecular weight excluding hydrogens is 423 g/mol. The molecule has 0 saturated heterocycles. The standard InChI is InChI=1S/C25H29FN4O3/c1-4-16-5-6-21(26)18(9-16)23-10-24(19(12-28-23)15(2)3)30-22-7-8-27-11-20(22)25(33)29-17(13-31)14-32/h5-12,15,17,31-32H,4,13-14H2,1-3H3,(H,29,33)(H,27,28,30). The Morgan fingerprint density at radius 3 is 2.52 bits per heavy atom. The maximum Gasteiger partial charge on any atom is 0.255 e. The smallest absolute Gasteiger partial charge is 0.255 e. The van der Waals surface area contributed by atoms with E-state index in [2.05, 4.69) is 20.6 Å². The van der Waals surface area contributed by atoms with Crippen LogP contribution >= 0.6 is 0 Å². The average molecular weight is 453 g/mol. The molecule has 0 spiro atoms. The molecule has 1 amide bonds. The van der Waals surface area contributed by atoms with Crippen molar-refractivity contribution in [3.05, 3.63) is 71.4 Å². The molecule has 2 aromatic heterocycles. The number of rotatable bonds is 9. The van der Waals surface area contributed by atoms with Crippen molar-refractivity contribution in [3.63, 3.8) is 0 Å². The minimum atomic E-state index is -0.780. The van der Waals surface area contributed by atoms with Crippen LogP contribution in [0.5, 0.6) is 0 Å². The van der Waals surface area contributed by atoms with E-state index in [-0.39, 0.29) is 17.3 Å². The van der Waals surface area contributed by atoms with E-state index >= 15 is 0 Å². The summed E-state index contributed by atoms with van der Waals surface area (Å²) in [5, 5.41) is 24.4. The maximum absolute atomic E-state index is 14.6. The number of hydrogen-bond donors (Lipinski definition) is 4. The van der Waals surface area contributed by atoms with Crippen LogP contribution in [-0.2, 0) is 6.42 Å². The number of anilines is 2. The number of carbonyl (C=O) groups excluding carboxylic acids is 1. The van der Waals surface area contributed by atoms with Crippen LogP contribution in [0.4, 0.5) is 15.8 Å². The second-order valence-corrected chi connectivity index (χ2v) is 8.06. The zero-order valence-electron chi connectivity index (χ0n) is 19.0. The van der Waals surface area contributed by atoms with E-state index in [9.17, 15) is 19.4 Å². The summed E-state index contributed by atoms with van der Waals surface area (Å²) in [5.41, 5.74) is 4.22. The minimum absolute atomic E-state index is 0.119. The second kappa shape index (κ2) is 11.0. The number of aliphatic hydroxyl groups excluding tert-OH is 2. The number of nitrogens with one attached hydrogen (secondary N) is 2. The summed E-state index contributed by atoms with van der Waals surface area (Å²) < 4.78 is 14.6. The molecule has 1 aromatic carbocycles. The van der Waals surface area contributed by atoms with Crippen molar-refractivity contribution in [1.82, 2.24) is 15.3 Å². The molecule has 4 N–H and O–H groups in total. The zero-order valence-corrected chi connectivity index (χ0v) is 19.0. The monoisotopic (exact) mass is 452 g/mol. The van der Waals surface area contributed by atoms with Gasteiger partial charge in [-0.05, 0) is 47.7 Å². The Kier molecular flexibility index (Phi) is 8.08. The molecule has 0 aliphatic rings. The minimum Gasteiger partial charge on any atom is -0.394 e. The van der Waals surface area contributed by atoms with Crippen LogP contribution in [0.3, 0.4) is 0 Å². The van der Waals surface area contributed by atoms with Gasteiger partial charge < -0.3 is 20.8 Å². The van der Waals surface area contributed by atoms with Crippen molar-refractivity contribution in [2.45, 2.75) is 39.2 Å². The maximum atomic E-state index is 14.6. The molecule has 33 heavy (non-hydrogen) atoms. The van der Waals surface area contributed by atoms with Gasteiger partial charge in [-0.3, -0.25) is 14.8 Å². The number of aryl methyl sites for hydroxylation is 1. The average Bonchev–Trinajstić information content (AvgIpc) is 2.82. The Balaban J connectivity index is 2.02. The number of nitrogens with zero attached hydrogens (tertiary/aromatic N) is 2. The van der Waals surface area contributed by atoms with Crippen LogP contribution in [0.2, 0.25) is 0 Å². The molecule has 0 saturated carbocycles. The number of benzene rings is 1. The number of hydrogen-bond acceptors (Lipinski definition) is 6. The highest BCUT2D eigenvalue weighted by atomic mass is 19.1. The molecule has 0 atom stereocenters. The number of aliphatic hydroxyl groups is 2. The third kappa shape index (κ3) is 5.71. The summed E-state index contributed by atoms with van der Waals surface area (Å²) in [6, 6.07) is 7.66. The van der Waals surface area contributed by atoms with E-state index in [0.717, 1.165) is 17.5 Å². The van der Waals surface area contributed by atoms with Gasteiger partial charge in [0, 0.05) is 29.8 Å². The predicted octanol–water partition coefficient (Wildman–Crippen LogP) is 3.80. The lowest BCUT2D eigenvalue weighted by molar-refractivity contribution is 0.0880. The van der Waals surface area contributed by atoms with E-state index in [1.807, 2.05) is 20.8 Å². The molecule has 174 valence electrons. The van der Waals surface area contributed by atoms with Crippen molar-refractivity contribution in [1.29, 1.82) is 0 Å². The fraction of sp³-hybridized carbons (Fsp3) is 0.320. The van der Waals surface area contributed by atoms with Crippen molar-refractivity contribution in [2.24, 2.45) is 0 Å². The Labute approximate surface area is 192 Å². The molecule has 3 aromatic rings. The van der Waals surface area contributed by atoms with Crippen molar-refractivity contribution in [2.75, 3.05) is 18.5 Å². The number of amides is 1. The molecule has 3 rings (SSSR count). The third-order valence-corrected chi connectivity index (χ3v) is 5.38. The molecule has 0 radical (unpaired) electrons. The summed E-state index contributed by atoms with van der Waals surface area (Å²) in [5.74, 6) is -0.722. The first-order valence-electron chi connectivity index (χ1n) is 10.9. The number of carbonyl (C=O) groups is 1. The first kappa shape index (κ1) is 24.3. The molecule has 0 fully saturated rings. The lowest BCUT2D eigenvalue weighted by atomic mass is 9.99. The summed E-state index contributed by atoms with van der Waals surface area (Å²) in [4.78, 5) is 21.3. The van der Waals surface area contributed by atoms with Crippen molar-refractivity contribution < 1.29 is 19.4 Å². The van der Waals surface area contributed by atoms with E-state index in [4.69, 9.17) is 0 Å². The van der Waals surface area contributed by atoms with Gasteiger partial charge in [0.1, 0.15) is 5.82 Å². The van der Waals surface area contributed by atoms with E-state index < -0.39 is 25.2 Å². The summed E-state index contributed by atoms with van der Waals surface area (Å²) in [6.45, 7) is 5.27. The third-order valence-electron chi connectivity index (χ3n) is 5.38. The Bertz CT molecular complexity index is 1120. The van der Waals surface area contributed by atoms with Crippen LogP contribution < -0.4 is 10.6 Å². The largest absolute Gasteiger partial charge is 0.394 e. The lowest BCUT2D eigenvalue weighted by Gasteiger charge is -2.19. The first-order valence-corrected chi connectivity index (χ1v) is 10.9. The van der Waals surface area contributed by atoms with E-state index in [1.165, 1.54) is 12.3 Å². The van der Waals surface area contributed by atoms with Gasteiger partial charge in [-0.2, -0.15) is 0 Å². The van der Waals surface area contributed by atoms with E-state index in [1.54, 1.807) is 36.7 Å². The molecular formula is C25H29FN4O3. The normalized spacial score (nSPS) is 11.2. The molecule has 2 heterocycles. The van der Waals surface area contributed by atoms with Gasteiger partial charge in [0.15, 0.2) is 0 Å².